The van der Waals surface area contributed by atoms with Gasteiger partial charge in [0.25, 0.3) is 10.2 Å². The van der Waals surface area contributed by atoms with Crippen molar-refractivity contribution in [2.45, 2.75) is 18.4 Å². The van der Waals surface area contributed by atoms with Crippen molar-refractivity contribution in [3.8, 4) is 0 Å². The SMILES string of the molecule is CN(C)S(=O)(=O)N1CCN(C2CNC2)CC1.O=C(O)C(F)(F)F.O=C(O)C(F)(F)F. The highest BCUT2D eigenvalue weighted by molar-refractivity contribution is 7.86. The summed E-state index contributed by atoms with van der Waals surface area (Å²) in [6, 6.07) is 0.615. The molecule has 2 heterocycles. The summed E-state index contributed by atoms with van der Waals surface area (Å²) < 4.78 is 90.1. The van der Waals surface area contributed by atoms with Gasteiger partial charge in [-0.05, 0) is 0 Å². The van der Waals surface area contributed by atoms with E-state index in [1.807, 2.05) is 0 Å². The van der Waals surface area contributed by atoms with Gasteiger partial charge in [-0.2, -0.15) is 43.4 Å². The number of halogens is 6. The van der Waals surface area contributed by atoms with E-state index < -0.39 is 34.5 Å². The van der Waals surface area contributed by atoms with Crippen molar-refractivity contribution in [1.29, 1.82) is 0 Å². The number of nitrogens with zero attached hydrogens (tertiary/aromatic N) is 3. The minimum absolute atomic E-state index is 0.608. The predicted octanol–water partition coefficient (Wildman–Crippen LogP) is -0.351. The molecule has 3 N–H and O–H groups in total. The molecule has 0 radical (unpaired) electrons. The van der Waals surface area contributed by atoms with Gasteiger partial charge in [-0.25, -0.2) is 9.59 Å². The van der Waals surface area contributed by atoms with E-state index in [4.69, 9.17) is 19.8 Å². The molecule has 0 amide bonds. The molecule has 0 aromatic carbocycles. The number of hydrogen-bond acceptors (Lipinski definition) is 6. The van der Waals surface area contributed by atoms with Crippen molar-refractivity contribution in [2.75, 3.05) is 53.4 Å². The maximum Gasteiger partial charge on any atom is 0.490 e. The van der Waals surface area contributed by atoms with Gasteiger partial charge < -0.3 is 15.5 Å². The molecule has 0 aromatic rings. The fourth-order valence-electron chi connectivity index (χ4n) is 2.06. The van der Waals surface area contributed by atoms with Crippen molar-refractivity contribution in [2.24, 2.45) is 0 Å². The van der Waals surface area contributed by atoms with Gasteiger partial charge >= 0.3 is 24.3 Å². The minimum Gasteiger partial charge on any atom is -0.475 e. The molecule has 2 saturated heterocycles. The molecule has 30 heavy (non-hydrogen) atoms. The van der Waals surface area contributed by atoms with Crippen LogP contribution in [0.25, 0.3) is 0 Å². The zero-order valence-electron chi connectivity index (χ0n) is 15.9. The second-order valence-electron chi connectivity index (χ2n) is 6.14. The monoisotopic (exact) mass is 476 g/mol. The van der Waals surface area contributed by atoms with E-state index in [1.54, 1.807) is 18.4 Å². The van der Waals surface area contributed by atoms with E-state index in [0.29, 0.717) is 19.1 Å². The zero-order valence-corrected chi connectivity index (χ0v) is 16.7. The first-order valence-corrected chi connectivity index (χ1v) is 9.53. The fraction of sp³-hybridized carbons (Fsp3) is 0.846. The summed E-state index contributed by atoms with van der Waals surface area (Å²) in [5, 5.41) is 17.5. The smallest absolute Gasteiger partial charge is 0.475 e. The highest BCUT2D eigenvalue weighted by atomic mass is 32.2. The van der Waals surface area contributed by atoms with E-state index in [9.17, 15) is 34.8 Å². The van der Waals surface area contributed by atoms with Crippen molar-refractivity contribution in [3.05, 3.63) is 0 Å². The molecule has 10 nitrogen and oxygen atoms in total. The lowest BCUT2D eigenvalue weighted by atomic mass is 10.1. The Labute approximate surface area is 168 Å². The van der Waals surface area contributed by atoms with Crippen molar-refractivity contribution >= 4 is 22.1 Å². The Bertz CT molecular complexity index is 649. The fourth-order valence-corrected chi connectivity index (χ4v) is 3.15. The quantitative estimate of drug-likeness (QED) is 0.472. The van der Waals surface area contributed by atoms with Gasteiger partial charge in [0.05, 0.1) is 0 Å². The van der Waals surface area contributed by atoms with Gasteiger partial charge in [0.1, 0.15) is 0 Å². The topological polar surface area (TPSA) is 130 Å². The summed E-state index contributed by atoms with van der Waals surface area (Å²) in [5.41, 5.74) is 0. The van der Waals surface area contributed by atoms with Crippen LogP contribution in [0.4, 0.5) is 26.3 Å². The summed E-state index contributed by atoms with van der Waals surface area (Å²) in [6.45, 7) is 4.99. The van der Waals surface area contributed by atoms with Crippen LogP contribution in [0.15, 0.2) is 0 Å². The molecule has 0 spiro atoms. The van der Waals surface area contributed by atoms with E-state index in [2.05, 4.69) is 10.2 Å². The molecule has 0 aromatic heterocycles. The van der Waals surface area contributed by atoms with Gasteiger partial charge in [-0.3, -0.25) is 4.90 Å². The highest BCUT2D eigenvalue weighted by Crippen LogP contribution is 2.14. The molecule has 2 rings (SSSR count). The number of aliphatic carboxylic acids is 2. The molecule has 2 aliphatic heterocycles. The van der Waals surface area contributed by atoms with Gasteiger partial charge in [-0.15, -0.1) is 0 Å². The summed E-state index contributed by atoms with van der Waals surface area (Å²) in [5.74, 6) is -5.51. The van der Waals surface area contributed by atoms with Crippen LogP contribution in [0, 0.1) is 0 Å². The number of hydrogen-bond donors (Lipinski definition) is 3. The summed E-state index contributed by atoms with van der Waals surface area (Å²) >= 11 is 0. The van der Waals surface area contributed by atoms with Crippen LogP contribution in [-0.2, 0) is 19.8 Å². The van der Waals surface area contributed by atoms with Crippen LogP contribution in [0.3, 0.4) is 0 Å². The lowest BCUT2D eigenvalue weighted by Gasteiger charge is -2.43. The summed E-state index contributed by atoms with van der Waals surface area (Å²) in [4.78, 5) is 20.2. The molecule has 0 saturated carbocycles. The highest BCUT2D eigenvalue weighted by Gasteiger charge is 2.39. The maximum atomic E-state index is 11.9. The molecule has 0 aliphatic carbocycles. The van der Waals surface area contributed by atoms with Gasteiger partial charge in [-0.1, -0.05) is 0 Å². The first-order chi connectivity index (χ1) is 13.4. The first-order valence-electron chi connectivity index (χ1n) is 8.13. The van der Waals surface area contributed by atoms with E-state index in [-0.39, 0.29) is 0 Å². The Morgan fingerprint density at radius 1 is 0.900 bits per heavy atom. The third-order valence-corrected chi connectivity index (χ3v) is 5.76. The second-order valence-corrected chi connectivity index (χ2v) is 8.29. The van der Waals surface area contributed by atoms with E-state index in [1.165, 1.54) is 4.31 Å². The third kappa shape index (κ3) is 9.41. The molecule has 0 unspecified atom stereocenters. The van der Waals surface area contributed by atoms with Crippen molar-refractivity contribution in [3.63, 3.8) is 0 Å². The lowest BCUT2D eigenvalue weighted by molar-refractivity contribution is -0.193. The number of carbonyl (C=O) groups is 2. The third-order valence-electron chi connectivity index (χ3n) is 3.82. The Morgan fingerprint density at radius 2 is 1.23 bits per heavy atom. The van der Waals surface area contributed by atoms with Crippen LogP contribution in [0.5, 0.6) is 0 Å². The van der Waals surface area contributed by atoms with Crippen LogP contribution in [0.1, 0.15) is 0 Å². The molecule has 0 bridgehead atoms. The molecule has 2 aliphatic rings. The first kappa shape index (κ1) is 28.3. The average Bonchev–Trinajstić information content (AvgIpc) is 2.53. The van der Waals surface area contributed by atoms with Crippen LogP contribution >= 0.6 is 0 Å². The molecule has 178 valence electrons. The normalized spacial score (nSPS) is 19.1. The van der Waals surface area contributed by atoms with E-state index >= 15 is 0 Å². The Hall–Kier alpha value is -1.69. The minimum atomic E-state index is -5.08. The van der Waals surface area contributed by atoms with Crippen LogP contribution in [-0.4, -0.2) is 116 Å². The predicted molar refractivity (Wildman–Crippen MR) is 89.8 cm³/mol. The number of carboxylic acids is 2. The standard InChI is InChI=1S/C9H20N4O2S.2C2HF3O2/c1-11(2)16(14,15)13-5-3-12(4-6-13)9-7-10-8-9;2*3-2(4,5)1(6)7/h9-10H,3-8H2,1-2H3;2*(H,6,7). The number of carboxylic acid groups (broad SMARTS) is 2. The van der Waals surface area contributed by atoms with Gasteiger partial charge in [0.15, 0.2) is 0 Å². The van der Waals surface area contributed by atoms with Gasteiger partial charge in [0.2, 0.25) is 0 Å². The molecular weight excluding hydrogens is 454 g/mol. The zero-order chi connectivity index (χ0) is 23.9. The summed E-state index contributed by atoms with van der Waals surface area (Å²) in [7, 11) is -0.0516. The number of alkyl halides is 6. The number of rotatable bonds is 3. The Kier molecular flexibility index (Phi) is 10.5. The summed E-state index contributed by atoms with van der Waals surface area (Å²) in [6.07, 6.45) is -10.2. The molecule has 17 heteroatoms. The van der Waals surface area contributed by atoms with Gasteiger partial charge in [0, 0.05) is 59.4 Å². The molecular formula is C13H22F6N4O6S. The average molecular weight is 476 g/mol. The second kappa shape index (κ2) is 11.1. The van der Waals surface area contributed by atoms with E-state index in [0.717, 1.165) is 26.2 Å². The largest absolute Gasteiger partial charge is 0.490 e. The number of piperazine rings is 1. The molecule has 0 atom stereocenters. The van der Waals surface area contributed by atoms with Crippen molar-refractivity contribution in [1.82, 2.24) is 18.8 Å². The van der Waals surface area contributed by atoms with Crippen LogP contribution in [0.2, 0.25) is 0 Å². The van der Waals surface area contributed by atoms with Crippen molar-refractivity contribution < 1.29 is 54.6 Å². The number of nitrogens with one attached hydrogen (secondary N) is 1. The Morgan fingerprint density at radius 3 is 1.43 bits per heavy atom. The lowest BCUT2D eigenvalue weighted by Crippen LogP contribution is -2.62. The molecule has 2 fully saturated rings. The van der Waals surface area contributed by atoms with Crippen LogP contribution < -0.4 is 5.32 Å². The Balaban J connectivity index is 0.000000503. The maximum absolute atomic E-state index is 11.9.